The van der Waals surface area contributed by atoms with E-state index in [0.29, 0.717) is 11.8 Å². The summed E-state index contributed by atoms with van der Waals surface area (Å²) in [5.74, 6) is 0.291. The van der Waals surface area contributed by atoms with Crippen LogP contribution in [0.25, 0.3) is 0 Å². The number of aliphatic carboxylic acids is 1. The zero-order valence-electron chi connectivity index (χ0n) is 15.2. The standard InChI is InChI=1S/C19H34O3/c1-15(2)14-22-19(5,6)12-8-11-16(3)9-7-10-17(4)13-18(20)21/h7,10,13,15-16H,8-9,11-12,14H2,1-6H3,(H,20,21)/b10-7+,17-13+. The first-order valence-electron chi connectivity index (χ1n) is 8.34. The monoisotopic (exact) mass is 310 g/mol. The van der Waals surface area contributed by atoms with Crippen LogP contribution >= 0.6 is 0 Å². The number of carboxylic acid groups (broad SMARTS) is 1. The van der Waals surface area contributed by atoms with Gasteiger partial charge < -0.3 is 9.84 Å². The molecule has 0 amide bonds. The summed E-state index contributed by atoms with van der Waals surface area (Å²) in [7, 11) is 0. The second-order valence-electron chi connectivity index (χ2n) is 7.33. The molecule has 0 aromatic carbocycles. The Bertz CT molecular complexity index is 378. The number of rotatable bonds is 11. The SMILES string of the molecule is CC(/C=C/CC(C)CCCC(C)(C)OCC(C)C)=C\C(=O)O. The predicted molar refractivity (Wildman–Crippen MR) is 93.0 cm³/mol. The van der Waals surface area contributed by atoms with Crippen molar-refractivity contribution < 1.29 is 14.6 Å². The largest absolute Gasteiger partial charge is 0.478 e. The molecule has 22 heavy (non-hydrogen) atoms. The summed E-state index contributed by atoms with van der Waals surface area (Å²) in [6, 6.07) is 0. The molecule has 0 saturated carbocycles. The molecule has 0 rings (SSSR count). The minimum absolute atomic E-state index is 0.0410. The Balaban J connectivity index is 3.97. The molecule has 0 saturated heterocycles. The van der Waals surface area contributed by atoms with Crippen molar-refractivity contribution in [2.24, 2.45) is 11.8 Å². The smallest absolute Gasteiger partial charge is 0.328 e. The van der Waals surface area contributed by atoms with Crippen LogP contribution in [0.15, 0.2) is 23.8 Å². The van der Waals surface area contributed by atoms with Crippen LogP contribution < -0.4 is 0 Å². The Morgan fingerprint density at radius 2 is 1.91 bits per heavy atom. The lowest BCUT2D eigenvalue weighted by Gasteiger charge is -2.27. The third kappa shape index (κ3) is 12.6. The molecule has 0 fully saturated rings. The van der Waals surface area contributed by atoms with E-state index in [9.17, 15) is 4.79 Å². The Labute approximate surface area is 136 Å². The highest BCUT2D eigenvalue weighted by Crippen LogP contribution is 2.22. The van der Waals surface area contributed by atoms with Crippen molar-refractivity contribution in [1.29, 1.82) is 0 Å². The number of allylic oxidation sites excluding steroid dienone is 3. The molecule has 0 heterocycles. The molecule has 128 valence electrons. The van der Waals surface area contributed by atoms with Crippen molar-refractivity contribution >= 4 is 5.97 Å². The minimum Gasteiger partial charge on any atom is -0.478 e. The Kier molecular flexibility index (Phi) is 10.1. The van der Waals surface area contributed by atoms with Gasteiger partial charge >= 0.3 is 5.97 Å². The van der Waals surface area contributed by atoms with E-state index >= 15 is 0 Å². The van der Waals surface area contributed by atoms with Crippen molar-refractivity contribution in [3.63, 3.8) is 0 Å². The lowest BCUT2D eigenvalue weighted by Crippen LogP contribution is -2.26. The third-order valence-electron chi connectivity index (χ3n) is 3.55. The van der Waals surface area contributed by atoms with E-state index in [0.717, 1.165) is 31.4 Å². The van der Waals surface area contributed by atoms with E-state index in [1.807, 2.05) is 13.0 Å². The summed E-state index contributed by atoms with van der Waals surface area (Å²) >= 11 is 0. The van der Waals surface area contributed by atoms with Gasteiger partial charge in [0.05, 0.1) is 5.60 Å². The van der Waals surface area contributed by atoms with Gasteiger partial charge in [0.15, 0.2) is 0 Å². The van der Waals surface area contributed by atoms with Crippen LogP contribution in [0.1, 0.15) is 67.2 Å². The fraction of sp³-hybridized carbons (Fsp3) is 0.737. The Morgan fingerprint density at radius 3 is 2.45 bits per heavy atom. The number of hydrogen-bond acceptors (Lipinski definition) is 2. The van der Waals surface area contributed by atoms with Crippen LogP contribution in [-0.4, -0.2) is 23.3 Å². The van der Waals surface area contributed by atoms with Gasteiger partial charge in [-0.3, -0.25) is 0 Å². The second-order valence-corrected chi connectivity index (χ2v) is 7.33. The van der Waals surface area contributed by atoms with Gasteiger partial charge in [-0.1, -0.05) is 45.8 Å². The second kappa shape index (κ2) is 10.6. The fourth-order valence-corrected chi connectivity index (χ4v) is 2.19. The molecule has 0 aliphatic carbocycles. The van der Waals surface area contributed by atoms with Gasteiger partial charge in [-0.25, -0.2) is 4.79 Å². The molecule has 0 aromatic rings. The molecular formula is C19H34O3. The van der Waals surface area contributed by atoms with Gasteiger partial charge in [0.1, 0.15) is 0 Å². The van der Waals surface area contributed by atoms with Gasteiger partial charge in [-0.15, -0.1) is 0 Å². The van der Waals surface area contributed by atoms with Gasteiger partial charge in [0.25, 0.3) is 0 Å². The van der Waals surface area contributed by atoms with Crippen molar-refractivity contribution in [1.82, 2.24) is 0 Å². The Morgan fingerprint density at radius 1 is 1.27 bits per heavy atom. The average Bonchev–Trinajstić information content (AvgIpc) is 2.35. The van der Waals surface area contributed by atoms with Crippen LogP contribution in [0.4, 0.5) is 0 Å². The molecule has 0 radical (unpaired) electrons. The maximum absolute atomic E-state index is 10.5. The van der Waals surface area contributed by atoms with Crippen LogP contribution in [0.5, 0.6) is 0 Å². The van der Waals surface area contributed by atoms with Crippen molar-refractivity contribution in [2.45, 2.75) is 72.8 Å². The quantitative estimate of drug-likeness (QED) is 0.420. The zero-order chi connectivity index (χ0) is 17.2. The molecule has 0 aliphatic heterocycles. The van der Waals surface area contributed by atoms with Gasteiger partial charge in [0.2, 0.25) is 0 Å². The van der Waals surface area contributed by atoms with Gasteiger partial charge in [-0.2, -0.15) is 0 Å². The highest BCUT2D eigenvalue weighted by molar-refractivity contribution is 5.81. The van der Waals surface area contributed by atoms with E-state index in [4.69, 9.17) is 9.84 Å². The molecule has 0 aliphatic rings. The van der Waals surface area contributed by atoms with Gasteiger partial charge in [-0.05, 0) is 51.0 Å². The summed E-state index contributed by atoms with van der Waals surface area (Å²) in [6.45, 7) is 13.5. The summed E-state index contributed by atoms with van der Waals surface area (Å²) in [5.41, 5.74) is 0.739. The third-order valence-corrected chi connectivity index (χ3v) is 3.55. The Hall–Kier alpha value is -1.09. The number of carbonyl (C=O) groups is 1. The van der Waals surface area contributed by atoms with E-state index in [2.05, 4.69) is 40.7 Å². The number of carboxylic acids is 1. The summed E-state index contributed by atoms with van der Waals surface area (Å²) in [6.07, 6.45) is 9.57. The first-order chi connectivity index (χ1) is 10.1. The molecular weight excluding hydrogens is 276 g/mol. The van der Waals surface area contributed by atoms with Crippen LogP contribution in [0, 0.1) is 11.8 Å². The summed E-state index contributed by atoms with van der Waals surface area (Å²) in [5, 5.41) is 8.64. The molecule has 0 aromatic heterocycles. The van der Waals surface area contributed by atoms with Crippen LogP contribution in [0.3, 0.4) is 0 Å². The first-order valence-corrected chi connectivity index (χ1v) is 8.34. The maximum Gasteiger partial charge on any atom is 0.328 e. The molecule has 1 unspecified atom stereocenters. The van der Waals surface area contributed by atoms with E-state index in [-0.39, 0.29) is 5.60 Å². The van der Waals surface area contributed by atoms with Crippen molar-refractivity contribution in [3.05, 3.63) is 23.8 Å². The molecule has 0 bridgehead atoms. The zero-order valence-corrected chi connectivity index (χ0v) is 15.2. The summed E-state index contributed by atoms with van der Waals surface area (Å²) < 4.78 is 5.95. The maximum atomic E-state index is 10.5. The van der Waals surface area contributed by atoms with Crippen molar-refractivity contribution in [3.8, 4) is 0 Å². The molecule has 1 atom stereocenters. The molecule has 0 spiro atoms. The molecule has 3 nitrogen and oxygen atoms in total. The first kappa shape index (κ1) is 20.9. The van der Waals surface area contributed by atoms with E-state index in [1.54, 1.807) is 0 Å². The normalized spacial score (nSPS) is 14.8. The highest BCUT2D eigenvalue weighted by atomic mass is 16.5. The van der Waals surface area contributed by atoms with Crippen LogP contribution in [0.2, 0.25) is 0 Å². The van der Waals surface area contributed by atoms with E-state index in [1.165, 1.54) is 12.5 Å². The van der Waals surface area contributed by atoms with Gasteiger partial charge in [0, 0.05) is 12.7 Å². The lowest BCUT2D eigenvalue weighted by atomic mass is 9.94. The number of hydrogen-bond donors (Lipinski definition) is 1. The van der Waals surface area contributed by atoms with Crippen molar-refractivity contribution in [2.75, 3.05) is 6.61 Å². The fourth-order valence-electron chi connectivity index (χ4n) is 2.19. The molecule has 1 N–H and O–H groups in total. The summed E-state index contributed by atoms with van der Waals surface area (Å²) in [4.78, 5) is 10.5. The van der Waals surface area contributed by atoms with Crippen LogP contribution in [-0.2, 0) is 9.53 Å². The minimum atomic E-state index is -0.890. The average molecular weight is 310 g/mol. The predicted octanol–water partition coefficient (Wildman–Crippen LogP) is 5.22. The number of ether oxygens (including phenoxy) is 1. The lowest BCUT2D eigenvalue weighted by molar-refractivity contribution is -0.131. The topological polar surface area (TPSA) is 46.5 Å². The molecule has 3 heteroatoms. The highest BCUT2D eigenvalue weighted by Gasteiger charge is 2.18. The van der Waals surface area contributed by atoms with E-state index < -0.39 is 5.97 Å².